The van der Waals surface area contributed by atoms with Crippen molar-refractivity contribution in [2.24, 2.45) is 34.5 Å². The van der Waals surface area contributed by atoms with Crippen LogP contribution in [0.15, 0.2) is 0 Å². The maximum absolute atomic E-state index is 12.4. The van der Waals surface area contributed by atoms with Gasteiger partial charge in [0.2, 0.25) is 0 Å². The molecule has 0 aromatic heterocycles. The molecule has 3 fully saturated rings. The highest BCUT2D eigenvalue weighted by Gasteiger charge is 2.64. The number of carbonyl (C=O) groups is 1. The van der Waals surface area contributed by atoms with Gasteiger partial charge in [-0.1, -0.05) is 34.1 Å². The van der Waals surface area contributed by atoms with Crippen molar-refractivity contribution in [2.75, 3.05) is 13.2 Å². The fourth-order valence-electron chi connectivity index (χ4n) is 6.69. The number of ether oxygens (including phenoxy) is 1. The van der Waals surface area contributed by atoms with Crippen LogP contribution in [0.1, 0.15) is 72.6 Å². The number of aliphatic hydroxyl groups excluding tert-OH is 2. The van der Waals surface area contributed by atoms with E-state index in [1.807, 2.05) is 13.8 Å². The van der Waals surface area contributed by atoms with E-state index in [2.05, 4.69) is 13.8 Å². The van der Waals surface area contributed by atoms with E-state index in [0.29, 0.717) is 32.3 Å². The molecule has 27 heavy (non-hydrogen) atoms. The number of fused-ring (bicyclic) bond motifs is 2. The van der Waals surface area contributed by atoms with Crippen molar-refractivity contribution in [3.63, 3.8) is 0 Å². The molecule has 2 saturated carbocycles. The first-order valence-electron chi connectivity index (χ1n) is 10.7. The molecule has 0 bridgehead atoms. The zero-order valence-electron chi connectivity index (χ0n) is 17.4. The number of hydrogen-bond donors (Lipinski definition) is 3. The van der Waals surface area contributed by atoms with Crippen molar-refractivity contribution in [3.8, 4) is 0 Å². The van der Waals surface area contributed by atoms with Crippen LogP contribution >= 0.6 is 0 Å². The van der Waals surface area contributed by atoms with E-state index in [0.717, 1.165) is 19.3 Å². The van der Waals surface area contributed by atoms with Crippen molar-refractivity contribution in [2.45, 2.75) is 84.5 Å². The highest BCUT2D eigenvalue weighted by atomic mass is 16.6. The van der Waals surface area contributed by atoms with Gasteiger partial charge in [-0.05, 0) is 48.3 Å². The van der Waals surface area contributed by atoms with Crippen LogP contribution in [0.2, 0.25) is 0 Å². The predicted molar refractivity (Wildman–Crippen MR) is 103 cm³/mol. The summed E-state index contributed by atoms with van der Waals surface area (Å²) in [7, 11) is 0. The van der Waals surface area contributed by atoms with Gasteiger partial charge < -0.3 is 20.1 Å². The summed E-state index contributed by atoms with van der Waals surface area (Å²) >= 11 is 0. The molecule has 0 spiro atoms. The molecule has 5 heteroatoms. The highest BCUT2D eigenvalue weighted by Crippen LogP contribution is 2.65. The highest BCUT2D eigenvalue weighted by molar-refractivity contribution is 5.80. The van der Waals surface area contributed by atoms with Gasteiger partial charge in [-0.2, -0.15) is 0 Å². The Morgan fingerprint density at radius 1 is 1.22 bits per heavy atom. The lowest BCUT2D eigenvalue weighted by molar-refractivity contribution is -0.297. The molecule has 0 aromatic rings. The first-order chi connectivity index (χ1) is 12.6. The van der Waals surface area contributed by atoms with E-state index < -0.39 is 11.9 Å². The quantitative estimate of drug-likeness (QED) is 0.681. The molecule has 1 saturated heterocycles. The minimum absolute atomic E-state index is 0.00216. The molecule has 1 heterocycles. The number of aliphatic hydroxyl groups is 3. The largest absolute Gasteiger partial charge is 0.396 e. The average molecular weight is 383 g/mol. The predicted octanol–water partition coefficient (Wildman–Crippen LogP) is 2.90. The van der Waals surface area contributed by atoms with Crippen LogP contribution in [-0.4, -0.2) is 46.2 Å². The lowest BCUT2D eigenvalue weighted by atomic mass is 9.42. The third kappa shape index (κ3) is 3.50. The van der Waals surface area contributed by atoms with Gasteiger partial charge >= 0.3 is 0 Å². The smallest absolute Gasteiger partial charge is 0.160 e. The Kier molecular flexibility index (Phi) is 5.82. The van der Waals surface area contributed by atoms with Crippen LogP contribution in [0.5, 0.6) is 0 Å². The van der Waals surface area contributed by atoms with Crippen molar-refractivity contribution in [1.82, 2.24) is 0 Å². The first kappa shape index (κ1) is 21.2. The second-order valence-electron chi connectivity index (χ2n) is 10.3. The molecule has 5 nitrogen and oxygen atoms in total. The SMILES string of the molecule is CC(C)C(=O)CC[C@H]1[C@@H]2[C@H](O)OCC[C@@]2(O)C[C@H]2[C@](C)(CO)CCC[C@]12C. The lowest BCUT2D eigenvalue weighted by Crippen LogP contribution is -2.66. The normalized spacial score (nSPS) is 47.4. The summed E-state index contributed by atoms with van der Waals surface area (Å²) in [6, 6.07) is 0. The molecule has 3 aliphatic rings. The van der Waals surface area contributed by atoms with Crippen LogP contribution in [-0.2, 0) is 9.53 Å². The number of rotatable bonds is 5. The van der Waals surface area contributed by atoms with Crippen LogP contribution in [0, 0.1) is 34.5 Å². The second kappa shape index (κ2) is 7.40. The summed E-state index contributed by atoms with van der Waals surface area (Å²) in [5, 5.41) is 32.5. The van der Waals surface area contributed by atoms with Crippen LogP contribution in [0.3, 0.4) is 0 Å². The van der Waals surface area contributed by atoms with Gasteiger partial charge in [0.15, 0.2) is 6.29 Å². The van der Waals surface area contributed by atoms with E-state index in [1.165, 1.54) is 0 Å². The standard InChI is InChI=1S/C22H38O5/c1-14(2)16(24)7-6-15-18-19(25)27-11-10-22(18,26)12-17-20(3,13-23)8-5-9-21(15,17)4/h14-15,17-19,23,25-26H,5-13H2,1-4H3/t15-,17-,18+,19+,20-,21+,22+/m0/s1. The topological polar surface area (TPSA) is 87.0 Å². The second-order valence-corrected chi connectivity index (χ2v) is 10.3. The van der Waals surface area contributed by atoms with Crippen LogP contribution in [0.25, 0.3) is 0 Å². The Labute approximate surface area is 163 Å². The molecule has 156 valence electrons. The number of hydrogen-bond acceptors (Lipinski definition) is 5. The summed E-state index contributed by atoms with van der Waals surface area (Å²) in [6.07, 6.45) is 4.26. The fraction of sp³-hybridized carbons (Fsp3) is 0.955. The molecule has 0 aromatic carbocycles. The van der Waals surface area contributed by atoms with Crippen molar-refractivity contribution in [3.05, 3.63) is 0 Å². The Hall–Kier alpha value is -0.490. The molecule has 0 amide bonds. The maximum Gasteiger partial charge on any atom is 0.160 e. The summed E-state index contributed by atoms with van der Waals surface area (Å²) in [4.78, 5) is 12.4. The molecular weight excluding hydrogens is 344 g/mol. The van der Waals surface area contributed by atoms with Gasteiger partial charge in [-0.3, -0.25) is 4.79 Å². The van der Waals surface area contributed by atoms with E-state index in [4.69, 9.17) is 4.74 Å². The lowest BCUT2D eigenvalue weighted by Gasteiger charge is -2.65. The Bertz CT molecular complexity index is 563. The van der Waals surface area contributed by atoms with Crippen molar-refractivity contribution < 1.29 is 24.9 Å². The van der Waals surface area contributed by atoms with Gasteiger partial charge in [-0.15, -0.1) is 0 Å². The summed E-state index contributed by atoms with van der Waals surface area (Å²) in [5.74, 6) is 0.0438. The average Bonchev–Trinajstić information content (AvgIpc) is 2.60. The zero-order valence-corrected chi connectivity index (χ0v) is 17.4. The number of Topliss-reactive ketones (excluding diaryl/α,β-unsaturated/α-hetero) is 1. The third-order valence-electron chi connectivity index (χ3n) is 8.40. The van der Waals surface area contributed by atoms with Gasteiger partial charge in [0.05, 0.1) is 12.2 Å². The zero-order chi connectivity index (χ0) is 20.0. The van der Waals surface area contributed by atoms with E-state index in [1.54, 1.807) is 0 Å². The molecule has 0 radical (unpaired) electrons. The monoisotopic (exact) mass is 382 g/mol. The van der Waals surface area contributed by atoms with Gasteiger partial charge in [-0.25, -0.2) is 0 Å². The minimum Gasteiger partial charge on any atom is -0.396 e. The minimum atomic E-state index is -0.985. The molecule has 1 aliphatic heterocycles. The van der Waals surface area contributed by atoms with E-state index in [-0.39, 0.29) is 46.9 Å². The Morgan fingerprint density at radius 3 is 2.56 bits per heavy atom. The molecular formula is C22H38O5. The summed E-state index contributed by atoms with van der Waals surface area (Å²) in [6.45, 7) is 8.72. The number of ketones is 1. The first-order valence-corrected chi connectivity index (χ1v) is 10.7. The van der Waals surface area contributed by atoms with Crippen molar-refractivity contribution >= 4 is 5.78 Å². The van der Waals surface area contributed by atoms with Gasteiger partial charge in [0, 0.05) is 31.3 Å². The summed E-state index contributed by atoms with van der Waals surface area (Å²) < 4.78 is 5.56. The van der Waals surface area contributed by atoms with Crippen LogP contribution < -0.4 is 0 Å². The van der Waals surface area contributed by atoms with Gasteiger partial charge in [0.1, 0.15) is 5.78 Å². The van der Waals surface area contributed by atoms with Crippen LogP contribution in [0.4, 0.5) is 0 Å². The number of carbonyl (C=O) groups excluding carboxylic acids is 1. The Balaban J connectivity index is 1.99. The van der Waals surface area contributed by atoms with Crippen molar-refractivity contribution in [1.29, 1.82) is 0 Å². The van der Waals surface area contributed by atoms with Gasteiger partial charge in [0.25, 0.3) is 0 Å². The van der Waals surface area contributed by atoms with E-state index >= 15 is 0 Å². The van der Waals surface area contributed by atoms with E-state index in [9.17, 15) is 20.1 Å². The molecule has 0 unspecified atom stereocenters. The third-order valence-corrected chi connectivity index (χ3v) is 8.40. The molecule has 7 atom stereocenters. The Morgan fingerprint density at radius 2 is 1.93 bits per heavy atom. The maximum atomic E-state index is 12.4. The fourth-order valence-corrected chi connectivity index (χ4v) is 6.69. The molecule has 3 rings (SSSR count). The molecule has 2 aliphatic carbocycles. The molecule has 3 N–H and O–H groups in total. The summed E-state index contributed by atoms with van der Waals surface area (Å²) in [5.41, 5.74) is -1.33.